The molecule has 0 bridgehead atoms. The third-order valence-corrected chi connectivity index (χ3v) is 1.92. The highest BCUT2D eigenvalue weighted by Crippen LogP contribution is 2.12. The number of aromatic nitrogens is 1. The first-order valence-electron chi connectivity index (χ1n) is 3.74. The number of rotatable bonds is 0. The molecule has 0 N–H and O–H groups in total. The lowest BCUT2D eigenvalue weighted by molar-refractivity contribution is 0.503. The lowest BCUT2D eigenvalue weighted by Crippen LogP contribution is -2.01. The maximum absolute atomic E-state index is 11.3. The van der Waals surface area contributed by atoms with Crippen LogP contribution in [-0.4, -0.2) is 4.98 Å². The molecule has 1 aromatic carbocycles. The summed E-state index contributed by atoms with van der Waals surface area (Å²) in [5, 5.41) is 0.339. The summed E-state index contributed by atoms with van der Waals surface area (Å²) in [5.41, 5.74) is 1.11. The number of benzene rings is 1. The van der Waals surface area contributed by atoms with Gasteiger partial charge in [0.1, 0.15) is 0 Å². The number of fused-ring (bicyclic) bond motifs is 1. The van der Waals surface area contributed by atoms with Crippen LogP contribution < -0.4 is 5.63 Å². The first kappa shape index (κ1) is 8.26. The molecule has 0 spiro atoms. The second kappa shape index (κ2) is 2.85. The summed E-state index contributed by atoms with van der Waals surface area (Å²) in [6.45, 7) is 1.90. The summed E-state index contributed by atoms with van der Waals surface area (Å²) in [6, 6.07) is 5.34. The van der Waals surface area contributed by atoms with Gasteiger partial charge in [0.15, 0.2) is 0 Å². The predicted molar refractivity (Wildman–Crippen MR) is 50.0 cm³/mol. The lowest BCUT2D eigenvalue weighted by Gasteiger charge is -1.96. The minimum Gasteiger partial charge on any atom is -0.393 e. The van der Waals surface area contributed by atoms with Crippen molar-refractivity contribution < 1.29 is 4.42 Å². The van der Waals surface area contributed by atoms with Crippen LogP contribution >= 0.6 is 11.6 Å². The Labute approximate surface area is 79.0 Å². The molecule has 3 nitrogen and oxygen atoms in total. The molecule has 0 aliphatic rings. The summed E-state index contributed by atoms with van der Waals surface area (Å²) in [7, 11) is 0. The molecule has 0 aliphatic carbocycles. The van der Waals surface area contributed by atoms with E-state index in [9.17, 15) is 4.79 Å². The molecule has 1 heterocycles. The number of hydrogen-bond donors (Lipinski definition) is 0. The van der Waals surface area contributed by atoms with Crippen LogP contribution in [0, 0.1) is 6.92 Å². The van der Waals surface area contributed by atoms with Crippen molar-refractivity contribution in [2.45, 2.75) is 6.92 Å². The average molecular weight is 196 g/mol. The Bertz CT molecular complexity index is 518. The van der Waals surface area contributed by atoms with Gasteiger partial charge in [-0.1, -0.05) is 11.6 Å². The van der Waals surface area contributed by atoms with Crippen LogP contribution in [0.3, 0.4) is 0 Å². The molecule has 0 radical (unpaired) electrons. The van der Waals surface area contributed by atoms with Gasteiger partial charge < -0.3 is 4.42 Å². The Morgan fingerprint density at radius 2 is 2.23 bits per heavy atom. The van der Waals surface area contributed by atoms with E-state index in [1.807, 2.05) is 13.0 Å². The number of aryl methyl sites for hydroxylation is 1. The molecular weight excluding hydrogens is 190 g/mol. The fourth-order valence-electron chi connectivity index (χ4n) is 1.16. The number of nitrogens with zero attached hydrogens (tertiary/aromatic N) is 1. The summed E-state index contributed by atoms with van der Waals surface area (Å²) < 4.78 is 4.64. The van der Waals surface area contributed by atoms with Crippen LogP contribution in [0.5, 0.6) is 0 Å². The van der Waals surface area contributed by atoms with Crippen molar-refractivity contribution >= 4 is 22.5 Å². The molecule has 0 amide bonds. The first-order chi connectivity index (χ1) is 6.16. The molecule has 0 saturated heterocycles. The van der Waals surface area contributed by atoms with E-state index in [-0.39, 0.29) is 5.35 Å². The van der Waals surface area contributed by atoms with Gasteiger partial charge >= 0.3 is 5.63 Å². The van der Waals surface area contributed by atoms with Crippen molar-refractivity contribution in [1.29, 1.82) is 0 Å². The van der Waals surface area contributed by atoms with Crippen molar-refractivity contribution in [1.82, 2.24) is 4.98 Å². The van der Waals surface area contributed by atoms with Crippen molar-refractivity contribution in [2.24, 2.45) is 0 Å². The molecule has 2 aromatic rings. The maximum atomic E-state index is 11.3. The molecule has 0 saturated carbocycles. The molecule has 0 unspecified atom stereocenters. The molecule has 0 aliphatic heterocycles. The van der Waals surface area contributed by atoms with Gasteiger partial charge in [-0.3, -0.25) is 0 Å². The van der Waals surface area contributed by atoms with E-state index in [4.69, 9.17) is 11.6 Å². The van der Waals surface area contributed by atoms with Gasteiger partial charge in [-0.05, 0) is 30.7 Å². The van der Waals surface area contributed by atoms with Gasteiger partial charge in [-0.2, -0.15) is 0 Å². The fourth-order valence-corrected chi connectivity index (χ4v) is 1.32. The molecule has 13 heavy (non-hydrogen) atoms. The van der Waals surface area contributed by atoms with E-state index in [1.165, 1.54) is 0 Å². The van der Waals surface area contributed by atoms with Crippen molar-refractivity contribution in [3.63, 3.8) is 0 Å². The Kier molecular flexibility index (Phi) is 1.81. The molecule has 0 atom stereocenters. The maximum Gasteiger partial charge on any atom is 0.347 e. The lowest BCUT2D eigenvalue weighted by atomic mass is 10.2. The Morgan fingerprint density at radius 1 is 1.46 bits per heavy atom. The van der Waals surface area contributed by atoms with Crippen molar-refractivity contribution in [3.8, 4) is 0 Å². The zero-order valence-electron chi connectivity index (χ0n) is 6.87. The monoisotopic (exact) mass is 195 g/mol. The van der Waals surface area contributed by atoms with Crippen LogP contribution in [0.4, 0.5) is 0 Å². The molecule has 0 fully saturated rings. The van der Waals surface area contributed by atoms with E-state index < -0.39 is 5.63 Å². The Hall–Kier alpha value is -1.35. The van der Waals surface area contributed by atoms with Gasteiger partial charge in [0, 0.05) is 0 Å². The van der Waals surface area contributed by atoms with Gasteiger partial charge in [0.05, 0.1) is 10.9 Å². The molecule has 4 heteroatoms. The van der Waals surface area contributed by atoms with E-state index in [1.54, 1.807) is 12.1 Å². The highest BCUT2D eigenvalue weighted by atomic mass is 35.5. The van der Waals surface area contributed by atoms with Crippen LogP contribution in [0.1, 0.15) is 5.56 Å². The number of halogens is 1. The quantitative estimate of drug-likeness (QED) is 0.647. The Balaban J connectivity index is 2.95. The average Bonchev–Trinajstić information content (AvgIpc) is 2.06. The van der Waals surface area contributed by atoms with Gasteiger partial charge in [0.25, 0.3) is 5.35 Å². The third kappa shape index (κ3) is 1.42. The van der Waals surface area contributed by atoms with E-state index in [2.05, 4.69) is 9.40 Å². The fraction of sp³-hybridized carbons (Fsp3) is 0.111. The Morgan fingerprint density at radius 3 is 3.00 bits per heavy atom. The molecule has 66 valence electrons. The summed E-state index contributed by atoms with van der Waals surface area (Å²) in [5.74, 6) is 0. The summed E-state index contributed by atoms with van der Waals surface area (Å²) in [6.07, 6.45) is 0. The summed E-state index contributed by atoms with van der Waals surface area (Å²) in [4.78, 5) is 15.1. The van der Waals surface area contributed by atoms with E-state index in [0.717, 1.165) is 5.56 Å². The van der Waals surface area contributed by atoms with Gasteiger partial charge in [0.2, 0.25) is 0 Å². The van der Waals surface area contributed by atoms with Crippen LogP contribution in [0.25, 0.3) is 10.9 Å². The molecule has 2 rings (SSSR count). The highest BCUT2D eigenvalue weighted by Gasteiger charge is 2.03. The van der Waals surface area contributed by atoms with E-state index >= 15 is 0 Å². The topological polar surface area (TPSA) is 43.1 Å². The first-order valence-corrected chi connectivity index (χ1v) is 4.11. The highest BCUT2D eigenvalue weighted by molar-refractivity contribution is 6.27. The van der Waals surface area contributed by atoms with Crippen LogP contribution in [0.2, 0.25) is 5.35 Å². The third-order valence-electron chi connectivity index (χ3n) is 1.76. The standard InChI is InChI=1S/C9H6ClNO2/c1-5-2-3-7-6(4-5)8(12)13-9(10)11-7/h2-4H,1H3. The van der Waals surface area contributed by atoms with Gasteiger partial charge in [-0.15, -0.1) is 0 Å². The second-order valence-corrected chi connectivity index (χ2v) is 3.10. The van der Waals surface area contributed by atoms with Crippen molar-refractivity contribution in [2.75, 3.05) is 0 Å². The minimum atomic E-state index is -0.446. The largest absolute Gasteiger partial charge is 0.393 e. The van der Waals surface area contributed by atoms with Crippen LogP contribution in [-0.2, 0) is 0 Å². The van der Waals surface area contributed by atoms with E-state index in [0.29, 0.717) is 10.9 Å². The smallest absolute Gasteiger partial charge is 0.347 e. The van der Waals surface area contributed by atoms with Gasteiger partial charge in [-0.25, -0.2) is 9.78 Å². The summed E-state index contributed by atoms with van der Waals surface area (Å²) >= 11 is 5.49. The SMILES string of the molecule is Cc1ccc2nc(Cl)oc(=O)c2c1. The number of hydrogen-bond acceptors (Lipinski definition) is 3. The van der Waals surface area contributed by atoms with Crippen LogP contribution in [0.15, 0.2) is 27.4 Å². The normalized spacial score (nSPS) is 10.6. The van der Waals surface area contributed by atoms with Crippen molar-refractivity contribution in [3.05, 3.63) is 39.5 Å². The molecule has 1 aromatic heterocycles. The minimum absolute atomic E-state index is 0.124. The zero-order valence-corrected chi connectivity index (χ0v) is 7.63. The second-order valence-electron chi connectivity index (χ2n) is 2.77. The predicted octanol–water partition coefficient (Wildman–Crippen LogP) is 2.15. The molecular formula is C9H6ClNO2. The zero-order chi connectivity index (χ0) is 9.42.